The van der Waals surface area contributed by atoms with Crippen molar-refractivity contribution in [2.24, 2.45) is 0 Å². The van der Waals surface area contributed by atoms with Crippen molar-refractivity contribution in [2.75, 3.05) is 6.54 Å². The fourth-order valence-corrected chi connectivity index (χ4v) is 3.66. The van der Waals surface area contributed by atoms with E-state index in [0.717, 1.165) is 0 Å². The van der Waals surface area contributed by atoms with Gasteiger partial charge in [-0.05, 0) is 25.0 Å². The minimum absolute atomic E-state index is 0.0694. The third-order valence-corrected chi connectivity index (χ3v) is 4.88. The molecule has 0 N–H and O–H groups in total. The monoisotopic (exact) mass is 406 g/mol. The molecule has 3 aromatic rings. The first-order chi connectivity index (χ1) is 13.7. The van der Waals surface area contributed by atoms with Crippen molar-refractivity contribution in [1.82, 2.24) is 19.4 Å². The van der Waals surface area contributed by atoms with E-state index in [2.05, 4.69) is 9.97 Å². The van der Waals surface area contributed by atoms with Gasteiger partial charge in [-0.1, -0.05) is 12.1 Å². The lowest BCUT2D eigenvalue weighted by Crippen LogP contribution is -2.38. The molecule has 1 aliphatic rings. The SMILES string of the molecule is Cc1nc(C(=O)N2CCCC2c2nc3ccccc3c(=O)n2CC(F)(F)F)co1. The van der Waals surface area contributed by atoms with Crippen LogP contribution in [0.2, 0.25) is 0 Å². The molecule has 1 fully saturated rings. The number of aromatic nitrogens is 3. The average Bonchev–Trinajstić information content (AvgIpc) is 3.31. The van der Waals surface area contributed by atoms with Crippen LogP contribution in [0, 0.1) is 6.92 Å². The Balaban J connectivity index is 1.84. The number of fused-ring (bicyclic) bond motifs is 1. The van der Waals surface area contributed by atoms with E-state index in [1.165, 1.54) is 17.2 Å². The molecule has 29 heavy (non-hydrogen) atoms. The molecule has 1 saturated heterocycles. The molecular weight excluding hydrogens is 389 g/mol. The van der Waals surface area contributed by atoms with Crippen molar-refractivity contribution < 1.29 is 22.4 Å². The first kappa shape index (κ1) is 19.2. The standard InChI is InChI=1S/C19H17F3N4O3/c1-11-23-14(9-29-11)18(28)25-8-4-7-15(25)16-24-13-6-3-2-5-12(13)17(27)26(16)10-19(20,21)22/h2-3,5-6,9,15H,4,7-8,10H2,1H3. The van der Waals surface area contributed by atoms with Crippen LogP contribution in [0.1, 0.15) is 41.1 Å². The molecule has 3 heterocycles. The quantitative estimate of drug-likeness (QED) is 0.667. The maximum absolute atomic E-state index is 13.2. The number of nitrogens with zero attached hydrogens (tertiary/aromatic N) is 4. The van der Waals surface area contributed by atoms with E-state index in [1.54, 1.807) is 25.1 Å². The molecule has 1 aliphatic heterocycles. The van der Waals surface area contributed by atoms with Crippen molar-refractivity contribution in [2.45, 2.75) is 38.5 Å². The van der Waals surface area contributed by atoms with Crippen LogP contribution in [-0.2, 0) is 6.54 Å². The van der Waals surface area contributed by atoms with Crippen LogP contribution in [0.25, 0.3) is 10.9 Å². The second kappa shape index (κ2) is 7.02. The summed E-state index contributed by atoms with van der Waals surface area (Å²) in [5.41, 5.74) is -0.415. The molecule has 1 aromatic carbocycles. The zero-order valence-electron chi connectivity index (χ0n) is 15.4. The van der Waals surface area contributed by atoms with Gasteiger partial charge in [0, 0.05) is 13.5 Å². The Bertz CT molecular complexity index is 1140. The van der Waals surface area contributed by atoms with E-state index < -0.39 is 30.2 Å². The second-order valence-electron chi connectivity index (χ2n) is 6.90. The molecule has 4 rings (SSSR count). The van der Waals surface area contributed by atoms with E-state index in [4.69, 9.17) is 4.42 Å². The molecular formula is C19H17F3N4O3. The predicted molar refractivity (Wildman–Crippen MR) is 96.3 cm³/mol. The largest absolute Gasteiger partial charge is 0.448 e. The molecule has 0 saturated carbocycles. The van der Waals surface area contributed by atoms with Crippen LogP contribution in [0.3, 0.4) is 0 Å². The van der Waals surface area contributed by atoms with Gasteiger partial charge in [-0.2, -0.15) is 13.2 Å². The zero-order chi connectivity index (χ0) is 20.8. The number of likely N-dealkylation sites (tertiary alicyclic amines) is 1. The molecule has 0 radical (unpaired) electrons. The molecule has 2 aromatic heterocycles. The average molecular weight is 406 g/mol. The number of alkyl halides is 3. The minimum atomic E-state index is -4.61. The number of aryl methyl sites for hydroxylation is 1. The van der Waals surface area contributed by atoms with Crippen LogP contribution < -0.4 is 5.56 Å². The first-order valence-corrected chi connectivity index (χ1v) is 9.04. The number of hydrogen-bond acceptors (Lipinski definition) is 5. The molecule has 7 nitrogen and oxygen atoms in total. The molecule has 1 amide bonds. The number of carbonyl (C=O) groups excluding carboxylic acids is 1. The number of halogens is 3. The van der Waals surface area contributed by atoms with Crippen LogP contribution in [0.5, 0.6) is 0 Å². The summed E-state index contributed by atoms with van der Waals surface area (Å²) < 4.78 is 45.4. The predicted octanol–water partition coefficient (Wildman–Crippen LogP) is 3.23. The van der Waals surface area contributed by atoms with Gasteiger partial charge in [-0.15, -0.1) is 0 Å². The van der Waals surface area contributed by atoms with E-state index in [1.807, 2.05) is 0 Å². The van der Waals surface area contributed by atoms with Crippen molar-refractivity contribution >= 4 is 16.8 Å². The van der Waals surface area contributed by atoms with Gasteiger partial charge in [0.25, 0.3) is 11.5 Å². The normalized spacial score (nSPS) is 17.2. The van der Waals surface area contributed by atoms with E-state index in [0.29, 0.717) is 35.4 Å². The summed E-state index contributed by atoms with van der Waals surface area (Å²) in [6, 6.07) is 5.47. The van der Waals surface area contributed by atoms with Crippen molar-refractivity contribution in [3.63, 3.8) is 0 Å². The maximum Gasteiger partial charge on any atom is 0.406 e. The van der Waals surface area contributed by atoms with Crippen LogP contribution in [0.4, 0.5) is 13.2 Å². The summed E-state index contributed by atoms with van der Waals surface area (Å²) in [4.78, 5) is 35.4. The number of benzene rings is 1. The first-order valence-electron chi connectivity index (χ1n) is 9.04. The number of oxazole rings is 1. The summed E-state index contributed by atoms with van der Waals surface area (Å²) in [6.07, 6.45) is -2.43. The topological polar surface area (TPSA) is 81.2 Å². The van der Waals surface area contributed by atoms with E-state index in [-0.39, 0.29) is 16.9 Å². The number of amides is 1. The Morgan fingerprint density at radius 1 is 1.28 bits per heavy atom. The number of carbonyl (C=O) groups is 1. The Hall–Kier alpha value is -3.17. The Morgan fingerprint density at radius 2 is 2.03 bits per heavy atom. The van der Waals surface area contributed by atoms with Gasteiger partial charge in [-0.3, -0.25) is 14.2 Å². The molecule has 152 valence electrons. The fraction of sp³-hybridized carbons (Fsp3) is 0.368. The molecule has 0 bridgehead atoms. The Labute approximate surface area is 162 Å². The Morgan fingerprint density at radius 3 is 2.72 bits per heavy atom. The lowest BCUT2D eigenvalue weighted by Gasteiger charge is -2.26. The number of para-hydroxylation sites is 1. The Kier molecular flexibility index (Phi) is 4.64. The summed E-state index contributed by atoms with van der Waals surface area (Å²) >= 11 is 0. The van der Waals surface area contributed by atoms with E-state index >= 15 is 0 Å². The summed E-state index contributed by atoms with van der Waals surface area (Å²) in [5, 5.41) is 0.100. The minimum Gasteiger partial charge on any atom is -0.448 e. The van der Waals surface area contributed by atoms with E-state index in [9.17, 15) is 22.8 Å². The fourth-order valence-electron chi connectivity index (χ4n) is 3.66. The van der Waals surface area contributed by atoms with Crippen molar-refractivity contribution in [3.05, 3.63) is 58.3 Å². The summed E-state index contributed by atoms with van der Waals surface area (Å²) in [5.74, 6) is -0.232. The molecule has 0 aliphatic carbocycles. The van der Waals surface area contributed by atoms with Gasteiger partial charge in [0.1, 0.15) is 18.6 Å². The highest BCUT2D eigenvalue weighted by Crippen LogP contribution is 2.33. The van der Waals surface area contributed by atoms with Crippen molar-refractivity contribution in [1.29, 1.82) is 0 Å². The maximum atomic E-state index is 13.2. The van der Waals surface area contributed by atoms with Gasteiger partial charge < -0.3 is 9.32 Å². The van der Waals surface area contributed by atoms with Gasteiger partial charge in [-0.25, -0.2) is 9.97 Å². The third-order valence-electron chi connectivity index (χ3n) is 4.88. The molecule has 10 heteroatoms. The lowest BCUT2D eigenvalue weighted by atomic mass is 10.1. The smallest absolute Gasteiger partial charge is 0.406 e. The van der Waals surface area contributed by atoms with Crippen LogP contribution in [-0.4, -0.2) is 38.1 Å². The van der Waals surface area contributed by atoms with Gasteiger partial charge in [0.15, 0.2) is 11.6 Å². The molecule has 1 unspecified atom stereocenters. The summed E-state index contributed by atoms with van der Waals surface area (Å²) in [6.45, 7) is 0.439. The zero-order valence-corrected chi connectivity index (χ0v) is 15.4. The van der Waals surface area contributed by atoms with Gasteiger partial charge in [0.2, 0.25) is 0 Å². The summed E-state index contributed by atoms with van der Waals surface area (Å²) in [7, 11) is 0. The highest BCUT2D eigenvalue weighted by molar-refractivity contribution is 5.92. The lowest BCUT2D eigenvalue weighted by molar-refractivity contribution is -0.141. The highest BCUT2D eigenvalue weighted by Gasteiger charge is 2.37. The van der Waals surface area contributed by atoms with Gasteiger partial charge >= 0.3 is 6.18 Å². The third kappa shape index (κ3) is 3.62. The molecule has 0 spiro atoms. The second-order valence-corrected chi connectivity index (χ2v) is 6.90. The van der Waals surface area contributed by atoms with Crippen molar-refractivity contribution in [3.8, 4) is 0 Å². The van der Waals surface area contributed by atoms with Gasteiger partial charge in [0.05, 0.1) is 16.9 Å². The van der Waals surface area contributed by atoms with Crippen LogP contribution in [0.15, 0.2) is 39.7 Å². The van der Waals surface area contributed by atoms with Crippen LogP contribution >= 0.6 is 0 Å². The highest BCUT2D eigenvalue weighted by atomic mass is 19.4. The number of rotatable bonds is 3. The number of hydrogen-bond donors (Lipinski definition) is 0. The molecule has 1 atom stereocenters.